The van der Waals surface area contributed by atoms with Crippen LogP contribution in [0.4, 0.5) is 11.5 Å². The number of rotatable bonds is 6. The number of anilines is 1. The summed E-state index contributed by atoms with van der Waals surface area (Å²) in [4.78, 5) is 20.6. The molecule has 1 aromatic rings. The van der Waals surface area contributed by atoms with Crippen molar-refractivity contribution in [3.8, 4) is 0 Å². The van der Waals surface area contributed by atoms with Gasteiger partial charge >= 0.3 is 11.7 Å². The van der Waals surface area contributed by atoms with Gasteiger partial charge < -0.3 is 10.4 Å². The second-order valence-corrected chi connectivity index (χ2v) is 3.88. The van der Waals surface area contributed by atoms with Gasteiger partial charge in [0.25, 0.3) is 0 Å². The van der Waals surface area contributed by atoms with Crippen LogP contribution in [0.15, 0.2) is 6.20 Å². The molecule has 0 saturated heterocycles. The summed E-state index contributed by atoms with van der Waals surface area (Å²) in [7, 11) is 1.58. The molecule has 0 aliphatic heterocycles. The molecule has 1 rings (SSSR count). The van der Waals surface area contributed by atoms with Crippen molar-refractivity contribution >= 4 is 17.5 Å². The molecule has 1 atom stereocenters. The van der Waals surface area contributed by atoms with Crippen molar-refractivity contribution in [2.45, 2.75) is 13.3 Å². The van der Waals surface area contributed by atoms with Crippen LogP contribution < -0.4 is 5.32 Å². The van der Waals surface area contributed by atoms with E-state index >= 15 is 0 Å². The van der Waals surface area contributed by atoms with Crippen molar-refractivity contribution < 1.29 is 14.8 Å². The largest absolute Gasteiger partial charge is 0.481 e. The van der Waals surface area contributed by atoms with Crippen LogP contribution in [0, 0.1) is 16.0 Å². The van der Waals surface area contributed by atoms with Crippen molar-refractivity contribution in [3.05, 3.63) is 16.3 Å². The quantitative estimate of drug-likeness (QED) is 0.565. The number of carboxylic acid groups (broad SMARTS) is 1. The standard InChI is InChI=1S/C9H14N4O4/c1-6(3-8(14)15)4-10-9-7(13(16)17)5-12(2)11-9/h5-6H,3-4H2,1-2H3,(H,10,11)(H,14,15). The molecule has 0 radical (unpaired) electrons. The lowest BCUT2D eigenvalue weighted by molar-refractivity contribution is -0.384. The Labute approximate surface area is 97.4 Å². The van der Waals surface area contributed by atoms with E-state index in [4.69, 9.17) is 5.11 Å². The molecule has 0 spiro atoms. The molecule has 0 aliphatic carbocycles. The first-order valence-electron chi connectivity index (χ1n) is 5.04. The predicted octanol–water partition coefficient (Wildman–Crippen LogP) is 0.851. The van der Waals surface area contributed by atoms with Gasteiger partial charge in [-0.3, -0.25) is 19.6 Å². The molecule has 2 N–H and O–H groups in total. The summed E-state index contributed by atoms with van der Waals surface area (Å²) in [6.45, 7) is 2.07. The molecule has 8 nitrogen and oxygen atoms in total. The number of aryl methyl sites for hydroxylation is 1. The zero-order valence-electron chi connectivity index (χ0n) is 9.58. The molecular weight excluding hydrogens is 228 g/mol. The van der Waals surface area contributed by atoms with Crippen LogP contribution in [-0.2, 0) is 11.8 Å². The second kappa shape index (κ2) is 5.28. The van der Waals surface area contributed by atoms with E-state index in [2.05, 4.69) is 10.4 Å². The van der Waals surface area contributed by atoms with Crippen molar-refractivity contribution in [1.82, 2.24) is 9.78 Å². The Morgan fingerprint density at radius 3 is 2.94 bits per heavy atom. The predicted molar refractivity (Wildman–Crippen MR) is 59.8 cm³/mol. The van der Waals surface area contributed by atoms with E-state index in [0.717, 1.165) is 0 Å². The highest BCUT2D eigenvalue weighted by Crippen LogP contribution is 2.21. The maximum absolute atomic E-state index is 10.7. The third kappa shape index (κ3) is 3.74. The van der Waals surface area contributed by atoms with Crippen LogP contribution in [0.3, 0.4) is 0 Å². The molecule has 94 valence electrons. The number of aromatic nitrogens is 2. The maximum Gasteiger partial charge on any atom is 0.330 e. The van der Waals surface area contributed by atoms with E-state index < -0.39 is 10.9 Å². The molecule has 0 saturated carbocycles. The summed E-state index contributed by atoms with van der Waals surface area (Å²) in [6.07, 6.45) is 1.30. The average Bonchev–Trinajstić information content (AvgIpc) is 2.55. The first-order chi connectivity index (χ1) is 7.90. The molecule has 0 amide bonds. The van der Waals surface area contributed by atoms with Crippen molar-refractivity contribution in [3.63, 3.8) is 0 Å². The van der Waals surface area contributed by atoms with Gasteiger partial charge in [0.2, 0.25) is 5.82 Å². The van der Waals surface area contributed by atoms with E-state index in [-0.39, 0.29) is 23.8 Å². The highest BCUT2D eigenvalue weighted by atomic mass is 16.6. The highest BCUT2D eigenvalue weighted by molar-refractivity contribution is 5.67. The van der Waals surface area contributed by atoms with Gasteiger partial charge in [-0.15, -0.1) is 5.10 Å². The molecule has 8 heteroatoms. The number of nitrogens with zero attached hydrogens (tertiary/aromatic N) is 3. The molecular formula is C9H14N4O4. The van der Waals surface area contributed by atoms with Gasteiger partial charge in [-0.2, -0.15) is 0 Å². The number of nitro groups is 1. The fraction of sp³-hybridized carbons (Fsp3) is 0.556. The lowest BCUT2D eigenvalue weighted by atomic mass is 10.1. The molecule has 0 aromatic carbocycles. The van der Waals surface area contributed by atoms with Crippen LogP contribution in [0.2, 0.25) is 0 Å². The molecule has 1 aromatic heterocycles. The molecule has 1 heterocycles. The Morgan fingerprint density at radius 1 is 1.76 bits per heavy atom. The molecule has 0 fully saturated rings. The van der Waals surface area contributed by atoms with E-state index in [1.807, 2.05) is 0 Å². The molecule has 1 unspecified atom stereocenters. The monoisotopic (exact) mass is 242 g/mol. The van der Waals surface area contributed by atoms with Gasteiger partial charge in [-0.1, -0.05) is 6.92 Å². The van der Waals surface area contributed by atoms with Gasteiger partial charge in [0, 0.05) is 20.0 Å². The first-order valence-corrected chi connectivity index (χ1v) is 5.04. The van der Waals surface area contributed by atoms with E-state index in [1.54, 1.807) is 14.0 Å². The number of hydrogen-bond donors (Lipinski definition) is 2. The van der Waals surface area contributed by atoms with Gasteiger partial charge in [0.15, 0.2) is 0 Å². The molecule has 0 bridgehead atoms. The Balaban J connectivity index is 2.62. The lowest BCUT2D eigenvalue weighted by Crippen LogP contribution is -2.15. The summed E-state index contributed by atoms with van der Waals surface area (Å²) in [6, 6.07) is 0. The Bertz CT molecular complexity index is 429. The average molecular weight is 242 g/mol. The van der Waals surface area contributed by atoms with Crippen LogP contribution in [-0.4, -0.2) is 32.3 Å². The number of nitrogens with one attached hydrogen (secondary N) is 1. The van der Waals surface area contributed by atoms with E-state index in [9.17, 15) is 14.9 Å². The molecule has 17 heavy (non-hydrogen) atoms. The Kier molecular flexibility index (Phi) is 4.02. The Morgan fingerprint density at radius 2 is 2.41 bits per heavy atom. The van der Waals surface area contributed by atoms with E-state index in [0.29, 0.717) is 6.54 Å². The van der Waals surface area contributed by atoms with Crippen LogP contribution in [0.25, 0.3) is 0 Å². The fourth-order valence-corrected chi connectivity index (χ4v) is 1.38. The smallest absolute Gasteiger partial charge is 0.330 e. The number of carboxylic acids is 1. The first kappa shape index (κ1) is 12.9. The number of hydrogen-bond acceptors (Lipinski definition) is 5. The normalized spacial score (nSPS) is 12.1. The van der Waals surface area contributed by atoms with Gasteiger partial charge in [0.1, 0.15) is 6.20 Å². The van der Waals surface area contributed by atoms with Crippen molar-refractivity contribution in [1.29, 1.82) is 0 Å². The second-order valence-electron chi connectivity index (χ2n) is 3.88. The van der Waals surface area contributed by atoms with Gasteiger partial charge in [-0.05, 0) is 5.92 Å². The summed E-state index contributed by atoms with van der Waals surface area (Å²) in [5.41, 5.74) is -0.116. The zero-order chi connectivity index (χ0) is 13.0. The maximum atomic E-state index is 10.7. The van der Waals surface area contributed by atoms with Crippen molar-refractivity contribution in [2.24, 2.45) is 13.0 Å². The lowest BCUT2D eigenvalue weighted by Gasteiger charge is -2.08. The summed E-state index contributed by atoms with van der Waals surface area (Å²) in [5.74, 6) is -0.862. The minimum atomic E-state index is -0.894. The van der Waals surface area contributed by atoms with Crippen LogP contribution in [0.5, 0.6) is 0 Å². The summed E-state index contributed by atoms with van der Waals surface area (Å²) < 4.78 is 1.34. The van der Waals surface area contributed by atoms with Crippen LogP contribution >= 0.6 is 0 Å². The minimum absolute atomic E-state index is 0.00757. The molecule has 0 aliphatic rings. The number of carbonyl (C=O) groups is 1. The summed E-state index contributed by atoms with van der Waals surface area (Å²) in [5, 5.41) is 25.9. The van der Waals surface area contributed by atoms with E-state index in [1.165, 1.54) is 10.9 Å². The van der Waals surface area contributed by atoms with Gasteiger partial charge in [-0.25, -0.2) is 0 Å². The summed E-state index contributed by atoms with van der Waals surface area (Å²) >= 11 is 0. The number of aliphatic carboxylic acids is 1. The van der Waals surface area contributed by atoms with Gasteiger partial charge in [0.05, 0.1) is 4.92 Å². The third-order valence-corrected chi connectivity index (χ3v) is 2.15. The fourth-order valence-electron chi connectivity index (χ4n) is 1.38. The topological polar surface area (TPSA) is 110 Å². The highest BCUT2D eigenvalue weighted by Gasteiger charge is 2.18. The minimum Gasteiger partial charge on any atom is -0.481 e. The SMILES string of the molecule is CC(CNc1nn(C)cc1[N+](=O)[O-])CC(=O)O. The zero-order valence-corrected chi connectivity index (χ0v) is 9.58. The van der Waals surface area contributed by atoms with Crippen molar-refractivity contribution in [2.75, 3.05) is 11.9 Å². The Hall–Kier alpha value is -2.12. The third-order valence-electron chi connectivity index (χ3n) is 2.15. The van der Waals surface area contributed by atoms with Crippen LogP contribution in [0.1, 0.15) is 13.3 Å².